The quantitative estimate of drug-likeness (QED) is 0.0423. The smallest absolute Gasteiger partial charge is 0.373 e. The summed E-state index contributed by atoms with van der Waals surface area (Å²) in [5.74, 6) is 17.9. The number of aromatic nitrogens is 8. The fraction of sp³-hybridized carbons (Fsp3) is 0.209. The molecule has 9 aromatic carbocycles. The largest absolute Gasteiger partial charge is 0.416 e. The van der Waals surface area contributed by atoms with Crippen LogP contribution >= 0.6 is 0 Å². The van der Waals surface area contributed by atoms with Crippen LogP contribution in [0.2, 0.25) is 0 Å². The van der Waals surface area contributed by atoms with Crippen molar-refractivity contribution < 1.29 is 45.1 Å². The predicted molar refractivity (Wildman–Crippen MR) is 442 cm³/mol. The van der Waals surface area contributed by atoms with E-state index in [1.807, 2.05) is 90.8 Å². The maximum absolute atomic E-state index is 15.5. The molecule has 0 radical (unpaired) electrons. The van der Waals surface area contributed by atoms with Gasteiger partial charge in [-0.3, -0.25) is 24.2 Å². The van der Waals surface area contributed by atoms with Gasteiger partial charge in [0.1, 0.15) is 11.6 Å². The first kappa shape index (κ1) is 79.5. The summed E-state index contributed by atoms with van der Waals surface area (Å²) in [5.41, 5.74) is 6.57. The molecule has 2 aliphatic heterocycles. The molecular formula is C91H76F7N17O3. The Kier molecular flexibility index (Phi) is 23.1. The molecule has 0 saturated carbocycles. The molecule has 2 saturated heterocycles. The number of imidazole rings is 1. The number of hydrogen-bond acceptors (Lipinski definition) is 16. The molecule has 0 unspecified atom stereocenters. The standard InChI is InChI=1S/C91H76F7N17O3/c1-56-52-115(55-103-56)74-47-70(90(93,94)95)46-73(48-74)106-88(118)68-29-33-79(92)66(44-68)25-23-62-8-6-10-80-76(62)50-101-84(107-80)85-108-82-42-57(15-32-75(82)83(99-2)110-85)12-18-65-45-71(104-86(116)63-16-13-58(14-17-63)53-113-38-34-111(4)35-39-113)30-27-60(65)20-19-59-21-26-67(43-64(59)24-22-61-9-7-11-81-77(61)51-102-89(100-3)109-81)87(117)105-72-31-28-69(78(49-72)91(96,97)98)54-114-40-36-112(5)37-41-114/h6-11,13-17,21,26-33,42-52,55H,19-20,34-41,53-54H2,1-5H3,(H,104,116)(H,105,117)(H,106,118)(H,99,108,110)(H,100,102,109). The van der Waals surface area contributed by atoms with E-state index in [4.69, 9.17) is 15.0 Å². The van der Waals surface area contributed by atoms with E-state index in [9.17, 15) is 40.7 Å². The Morgan fingerprint density at radius 2 is 1.02 bits per heavy atom. The first-order chi connectivity index (χ1) is 56.9. The molecule has 20 nitrogen and oxygen atoms in total. The molecule has 2 fully saturated rings. The van der Waals surface area contributed by atoms with Gasteiger partial charge in [-0.05, 0) is 184 Å². The van der Waals surface area contributed by atoms with Crippen molar-refractivity contribution in [1.29, 1.82) is 0 Å². The number of benzene rings is 9. The summed E-state index contributed by atoms with van der Waals surface area (Å²) in [4.78, 5) is 83.3. The molecule has 15 rings (SSSR count). The highest BCUT2D eigenvalue weighted by Gasteiger charge is 2.35. The summed E-state index contributed by atoms with van der Waals surface area (Å²) in [6.45, 7) is 9.16. The third-order valence-electron chi connectivity index (χ3n) is 20.6. The zero-order chi connectivity index (χ0) is 82.4. The average molecular weight is 1590 g/mol. The molecule has 2 aliphatic rings. The summed E-state index contributed by atoms with van der Waals surface area (Å²) in [6, 6.07) is 44.9. The summed E-state index contributed by atoms with van der Waals surface area (Å²) >= 11 is 0. The highest BCUT2D eigenvalue weighted by Crippen LogP contribution is 2.37. The molecule has 5 N–H and O–H groups in total. The highest BCUT2D eigenvalue weighted by atomic mass is 19.4. The van der Waals surface area contributed by atoms with Crippen molar-refractivity contribution in [2.45, 2.75) is 45.2 Å². The Balaban J connectivity index is 0.720. The highest BCUT2D eigenvalue weighted by molar-refractivity contribution is 6.06. The van der Waals surface area contributed by atoms with E-state index in [-0.39, 0.29) is 63.4 Å². The van der Waals surface area contributed by atoms with Crippen LogP contribution in [0.4, 0.5) is 59.6 Å². The number of fused-ring (bicyclic) bond motifs is 3. The number of halogens is 7. The van der Waals surface area contributed by atoms with Crippen molar-refractivity contribution in [3.8, 4) is 52.9 Å². The van der Waals surface area contributed by atoms with E-state index in [0.29, 0.717) is 115 Å². The van der Waals surface area contributed by atoms with Gasteiger partial charge in [-0.2, -0.15) is 26.3 Å². The van der Waals surface area contributed by atoms with Crippen LogP contribution < -0.4 is 26.6 Å². The van der Waals surface area contributed by atoms with Crippen LogP contribution in [0.3, 0.4) is 0 Å². The lowest BCUT2D eigenvalue weighted by Crippen LogP contribution is -2.44. The van der Waals surface area contributed by atoms with E-state index in [1.54, 1.807) is 76.0 Å². The topological polar surface area (TPSA) is 219 Å². The van der Waals surface area contributed by atoms with Crippen LogP contribution in [0, 0.1) is 48.3 Å². The third kappa shape index (κ3) is 18.8. The Hall–Kier alpha value is -13.8. The Morgan fingerprint density at radius 1 is 0.458 bits per heavy atom. The number of nitrogens with zero attached hydrogens (tertiary/aromatic N) is 12. The first-order valence-corrected chi connectivity index (χ1v) is 38.0. The van der Waals surface area contributed by atoms with E-state index in [0.717, 1.165) is 86.8 Å². The number of carbonyl (C=O) groups excluding carboxylic acids is 3. The van der Waals surface area contributed by atoms with Crippen LogP contribution in [0.5, 0.6) is 0 Å². The second kappa shape index (κ2) is 34.4. The van der Waals surface area contributed by atoms with Gasteiger partial charge in [-0.15, -0.1) is 0 Å². The molecule has 4 aromatic heterocycles. The lowest BCUT2D eigenvalue weighted by atomic mass is 9.95. The minimum atomic E-state index is -4.74. The van der Waals surface area contributed by atoms with Crippen molar-refractivity contribution in [2.75, 3.05) is 107 Å². The molecule has 0 bridgehead atoms. The van der Waals surface area contributed by atoms with Crippen molar-refractivity contribution in [1.82, 2.24) is 59.1 Å². The molecule has 6 heterocycles. The number of nitrogens with one attached hydrogen (secondary N) is 5. The SMILES string of the molecule is CNc1ncc2c(C#Cc3cc(C(=O)Nc4ccc(CN5CCN(C)CC5)c(C(F)(F)F)c4)ccc3CCc3ccc(NC(=O)c4ccc(CN5CCN(C)CC5)cc4)cc3C#Cc3ccc4c(NC)nc(-c5ncc6c(C#Cc7cc(C(=O)Nc8cc(-n9cnc(C)c9)cc(C(F)(F)F)c8)ccc7F)cccc6n5)nc4c3)cccc2n1. The molecule has 0 spiro atoms. The van der Waals surface area contributed by atoms with Crippen molar-refractivity contribution >= 4 is 79.3 Å². The second-order valence-corrected chi connectivity index (χ2v) is 29.0. The van der Waals surface area contributed by atoms with E-state index < -0.39 is 41.1 Å². The Labute approximate surface area is 675 Å². The molecule has 13 aromatic rings. The zero-order valence-corrected chi connectivity index (χ0v) is 64.7. The van der Waals surface area contributed by atoms with Crippen LogP contribution in [0.15, 0.2) is 195 Å². The minimum absolute atomic E-state index is 0.0173. The van der Waals surface area contributed by atoms with Gasteiger partial charge in [0.25, 0.3) is 17.7 Å². The lowest BCUT2D eigenvalue weighted by Gasteiger charge is -2.33. The maximum Gasteiger partial charge on any atom is 0.416 e. The number of hydrogen-bond donors (Lipinski definition) is 5. The molecule has 592 valence electrons. The summed E-state index contributed by atoms with van der Waals surface area (Å²) < 4.78 is 104. The number of carbonyl (C=O) groups is 3. The number of aryl methyl sites for hydroxylation is 3. The zero-order valence-electron chi connectivity index (χ0n) is 64.7. The van der Waals surface area contributed by atoms with Gasteiger partial charge < -0.3 is 41.0 Å². The summed E-state index contributed by atoms with van der Waals surface area (Å²) in [5, 5.41) is 16.3. The number of piperazine rings is 2. The lowest BCUT2D eigenvalue weighted by molar-refractivity contribution is -0.139. The molecular weight excluding hydrogens is 1510 g/mol. The normalized spacial score (nSPS) is 13.6. The number of anilines is 5. The number of likely N-dealkylation sites (N-methyl/N-ethyl adjacent to an activating group) is 2. The van der Waals surface area contributed by atoms with E-state index in [2.05, 4.69) is 104 Å². The molecule has 0 aliphatic carbocycles. The van der Waals surface area contributed by atoms with Gasteiger partial charge in [0.15, 0.2) is 11.6 Å². The molecule has 0 atom stereocenters. The van der Waals surface area contributed by atoms with Crippen molar-refractivity contribution in [2.24, 2.45) is 0 Å². The van der Waals surface area contributed by atoms with E-state index >= 15 is 4.39 Å². The van der Waals surface area contributed by atoms with Gasteiger partial charge in [-0.25, -0.2) is 39.3 Å². The Bertz CT molecular complexity index is 6280. The fourth-order valence-corrected chi connectivity index (χ4v) is 14.0. The monoisotopic (exact) mass is 1590 g/mol. The van der Waals surface area contributed by atoms with Crippen LogP contribution in [0.25, 0.3) is 50.0 Å². The summed E-state index contributed by atoms with van der Waals surface area (Å²) in [6.07, 6.45) is -2.55. The van der Waals surface area contributed by atoms with Gasteiger partial charge in [-0.1, -0.05) is 78.0 Å². The van der Waals surface area contributed by atoms with Crippen LogP contribution in [-0.4, -0.2) is 157 Å². The maximum atomic E-state index is 15.5. The number of alkyl halides is 6. The molecule has 3 amide bonds. The van der Waals surface area contributed by atoms with E-state index in [1.165, 1.54) is 41.2 Å². The average Bonchev–Trinajstić information content (AvgIpc) is 0.805. The third-order valence-corrected chi connectivity index (χ3v) is 20.6. The van der Waals surface area contributed by atoms with Gasteiger partial charge in [0.05, 0.1) is 45.3 Å². The first-order valence-electron chi connectivity index (χ1n) is 38.0. The van der Waals surface area contributed by atoms with Gasteiger partial charge in [0.2, 0.25) is 5.95 Å². The number of amides is 3. The molecule has 118 heavy (non-hydrogen) atoms. The van der Waals surface area contributed by atoms with Crippen molar-refractivity contribution in [3.05, 3.63) is 290 Å². The van der Waals surface area contributed by atoms with Crippen LogP contribution in [-0.2, 0) is 38.3 Å². The predicted octanol–water partition coefficient (Wildman–Crippen LogP) is 15.2. The van der Waals surface area contributed by atoms with Crippen molar-refractivity contribution in [3.63, 3.8) is 0 Å². The van der Waals surface area contributed by atoms with Gasteiger partial charge in [0, 0.05) is 182 Å². The van der Waals surface area contributed by atoms with Crippen LogP contribution in [0.1, 0.15) is 104 Å². The van der Waals surface area contributed by atoms with Gasteiger partial charge >= 0.3 is 12.4 Å². The number of rotatable bonds is 17. The second-order valence-electron chi connectivity index (χ2n) is 29.0. The fourth-order valence-electron chi connectivity index (χ4n) is 14.0. The Morgan fingerprint density at radius 3 is 1.66 bits per heavy atom. The summed E-state index contributed by atoms with van der Waals surface area (Å²) in [7, 11) is 7.54. The molecule has 27 heteroatoms. The minimum Gasteiger partial charge on any atom is -0.373 e.